The topological polar surface area (TPSA) is 109 Å². The molecule has 0 spiro atoms. The molecule has 110 valence electrons. The van der Waals surface area contributed by atoms with Crippen molar-refractivity contribution >= 4 is 27.4 Å². The van der Waals surface area contributed by atoms with E-state index in [1.807, 2.05) is 0 Å². The van der Waals surface area contributed by atoms with E-state index in [4.69, 9.17) is 10.8 Å². The van der Waals surface area contributed by atoms with Crippen LogP contribution in [0.5, 0.6) is 0 Å². The average Bonchev–Trinajstić information content (AvgIpc) is 2.37. The van der Waals surface area contributed by atoms with Gasteiger partial charge in [-0.15, -0.1) is 0 Å². The van der Waals surface area contributed by atoms with Crippen LogP contribution in [0.4, 0.5) is 15.8 Å². The predicted molar refractivity (Wildman–Crippen MR) is 75.0 cm³/mol. The normalized spacial score (nSPS) is 11.1. The molecule has 8 heteroatoms. The number of hydrogen-bond donors (Lipinski definition) is 3. The van der Waals surface area contributed by atoms with Crippen LogP contribution in [-0.2, 0) is 10.0 Å². The first-order valence-corrected chi connectivity index (χ1v) is 7.19. The number of aromatic carboxylic acids is 1. The smallest absolute Gasteiger partial charge is 0.337 e. The molecule has 0 aromatic heterocycles. The zero-order valence-electron chi connectivity index (χ0n) is 10.6. The fourth-order valence-electron chi connectivity index (χ4n) is 1.70. The van der Waals surface area contributed by atoms with Crippen molar-refractivity contribution in [3.63, 3.8) is 0 Å². The third-order valence-electron chi connectivity index (χ3n) is 2.60. The Morgan fingerprint density at radius 3 is 2.52 bits per heavy atom. The zero-order valence-corrected chi connectivity index (χ0v) is 11.4. The van der Waals surface area contributed by atoms with Gasteiger partial charge in [0.1, 0.15) is 10.7 Å². The number of benzene rings is 2. The van der Waals surface area contributed by atoms with Crippen molar-refractivity contribution in [2.45, 2.75) is 4.90 Å². The van der Waals surface area contributed by atoms with Gasteiger partial charge < -0.3 is 10.8 Å². The van der Waals surface area contributed by atoms with E-state index in [1.165, 1.54) is 18.2 Å². The molecule has 0 unspecified atom stereocenters. The van der Waals surface area contributed by atoms with Gasteiger partial charge in [0.25, 0.3) is 10.0 Å². The quantitative estimate of drug-likeness (QED) is 0.747. The number of anilines is 2. The lowest BCUT2D eigenvalue weighted by Gasteiger charge is -2.11. The monoisotopic (exact) mass is 310 g/mol. The summed E-state index contributed by atoms with van der Waals surface area (Å²) in [7, 11) is -4.21. The van der Waals surface area contributed by atoms with E-state index in [2.05, 4.69) is 4.72 Å². The standard InChI is InChI=1S/C13H11FN2O4S/c14-8-2-1-3-10(6-8)16-21(19,20)12-7-9(15)4-5-11(12)13(17)18/h1-7,16H,15H2,(H,17,18). The number of nitrogens with two attached hydrogens (primary N) is 1. The lowest BCUT2D eigenvalue weighted by Crippen LogP contribution is -2.17. The molecule has 2 rings (SSSR count). The van der Waals surface area contributed by atoms with Crippen LogP contribution < -0.4 is 10.5 Å². The fraction of sp³-hybridized carbons (Fsp3) is 0. The fourth-order valence-corrected chi connectivity index (χ4v) is 2.98. The van der Waals surface area contributed by atoms with Crippen molar-refractivity contribution in [1.29, 1.82) is 0 Å². The summed E-state index contributed by atoms with van der Waals surface area (Å²) in [5, 5.41) is 9.04. The van der Waals surface area contributed by atoms with Gasteiger partial charge in [-0.05, 0) is 36.4 Å². The van der Waals surface area contributed by atoms with Crippen LogP contribution in [0.25, 0.3) is 0 Å². The Bertz CT molecular complexity index is 806. The number of nitrogens with one attached hydrogen (secondary N) is 1. The van der Waals surface area contributed by atoms with Crippen molar-refractivity contribution in [1.82, 2.24) is 0 Å². The maximum atomic E-state index is 13.1. The first kappa shape index (κ1) is 14.8. The van der Waals surface area contributed by atoms with Gasteiger partial charge in [0, 0.05) is 5.69 Å². The number of rotatable bonds is 4. The first-order valence-electron chi connectivity index (χ1n) is 5.71. The van der Waals surface area contributed by atoms with E-state index < -0.39 is 32.3 Å². The molecular weight excluding hydrogens is 299 g/mol. The molecule has 0 aliphatic rings. The summed E-state index contributed by atoms with van der Waals surface area (Å²) in [6, 6.07) is 8.21. The Hall–Kier alpha value is -2.61. The van der Waals surface area contributed by atoms with Crippen LogP contribution in [0.1, 0.15) is 10.4 Å². The molecule has 4 N–H and O–H groups in total. The lowest BCUT2D eigenvalue weighted by molar-refractivity contribution is 0.0692. The molecule has 0 bridgehead atoms. The molecule has 0 saturated carbocycles. The Morgan fingerprint density at radius 1 is 1.19 bits per heavy atom. The van der Waals surface area contributed by atoms with Crippen LogP contribution in [0.2, 0.25) is 0 Å². The molecule has 0 aliphatic heterocycles. The van der Waals surface area contributed by atoms with Gasteiger partial charge in [0.15, 0.2) is 0 Å². The van der Waals surface area contributed by atoms with E-state index in [-0.39, 0.29) is 11.4 Å². The Morgan fingerprint density at radius 2 is 1.90 bits per heavy atom. The van der Waals surface area contributed by atoms with Crippen molar-refractivity contribution in [3.05, 3.63) is 53.8 Å². The van der Waals surface area contributed by atoms with Crippen LogP contribution >= 0.6 is 0 Å². The van der Waals surface area contributed by atoms with Crippen LogP contribution in [0, 0.1) is 5.82 Å². The number of carboxylic acid groups (broad SMARTS) is 1. The Balaban J connectivity index is 2.49. The molecule has 0 fully saturated rings. The maximum absolute atomic E-state index is 13.1. The van der Waals surface area contributed by atoms with Crippen molar-refractivity contribution < 1.29 is 22.7 Å². The number of nitrogen functional groups attached to an aromatic ring is 1. The molecule has 0 amide bonds. The van der Waals surface area contributed by atoms with Gasteiger partial charge in [-0.2, -0.15) is 0 Å². The zero-order chi connectivity index (χ0) is 15.6. The molecule has 0 heterocycles. The van der Waals surface area contributed by atoms with Crippen LogP contribution in [-0.4, -0.2) is 19.5 Å². The third kappa shape index (κ3) is 3.29. The lowest BCUT2D eigenvalue weighted by atomic mass is 10.2. The van der Waals surface area contributed by atoms with E-state index >= 15 is 0 Å². The van der Waals surface area contributed by atoms with Gasteiger partial charge in [0.2, 0.25) is 0 Å². The Labute approximate surface area is 120 Å². The molecule has 6 nitrogen and oxygen atoms in total. The van der Waals surface area contributed by atoms with Crippen molar-refractivity contribution in [3.8, 4) is 0 Å². The van der Waals surface area contributed by atoms with Crippen molar-refractivity contribution in [2.75, 3.05) is 10.5 Å². The van der Waals surface area contributed by atoms with Crippen LogP contribution in [0.3, 0.4) is 0 Å². The third-order valence-corrected chi connectivity index (χ3v) is 4.02. The van der Waals surface area contributed by atoms with Gasteiger partial charge in [-0.3, -0.25) is 4.72 Å². The van der Waals surface area contributed by atoms with E-state index in [9.17, 15) is 17.6 Å². The summed E-state index contributed by atoms with van der Waals surface area (Å²) in [5.74, 6) is -2.03. The number of carbonyl (C=O) groups is 1. The summed E-state index contributed by atoms with van der Waals surface area (Å²) in [6.07, 6.45) is 0. The minimum Gasteiger partial charge on any atom is -0.478 e. The van der Waals surface area contributed by atoms with Crippen LogP contribution in [0.15, 0.2) is 47.4 Å². The maximum Gasteiger partial charge on any atom is 0.337 e. The summed E-state index contributed by atoms with van der Waals surface area (Å²) < 4.78 is 39.7. The van der Waals surface area contributed by atoms with Crippen molar-refractivity contribution in [2.24, 2.45) is 0 Å². The molecule has 2 aromatic carbocycles. The second-order valence-electron chi connectivity index (χ2n) is 4.18. The summed E-state index contributed by atoms with van der Waals surface area (Å²) >= 11 is 0. The SMILES string of the molecule is Nc1ccc(C(=O)O)c(S(=O)(=O)Nc2cccc(F)c2)c1. The highest BCUT2D eigenvalue weighted by Gasteiger charge is 2.22. The predicted octanol–water partition coefficient (Wildman–Crippen LogP) is 1.91. The van der Waals surface area contributed by atoms with Gasteiger partial charge in [-0.1, -0.05) is 6.07 Å². The molecule has 0 radical (unpaired) electrons. The van der Waals surface area contributed by atoms with E-state index in [1.54, 1.807) is 0 Å². The van der Waals surface area contributed by atoms with Gasteiger partial charge in [-0.25, -0.2) is 17.6 Å². The summed E-state index contributed by atoms with van der Waals surface area (Å²) in [4.78, 5) is 10.6. The summed E-state index contributed by atoms with van der Waals surface area (Å²) in [6.45, 7) is 0. The first-order chi connectivity index (χ1) is 9.79. The Kier molecular flexibility index (Phi) is 3.81. The molecule has 0 saturated heterocycles. The number of hydrogen-bond acceptors (Lipinski definition) is 4. The highest BCUT2D eigenvalue weighted by atomic mass is 32.2. The van der Waals surface area contributed by atoms with E-state index in [0.717, 1.165) is 24.3 Å². The molecule has 2 aromatic rings. The molecule has 0 aliphatic carbocycles. The second kappa shape index (κ2) is 5.41. The van der Waals surface area contributed by atoms with Gasteiger partial charge in [0.05, 0.1) is 11.3 Å². The number of halogens is 1. The molecule has 0 atom stereocenters. The van der Waals surface area contributed by atoms with E-state index in [0.29, 0.717) is 0 Å². The number of carboxylic acids is 1. The minimum absolute atomic E-state index is 0.0197. The minimum atomic E-state index is -4.21. The highest BCUT2D eigenvalue weighted by Crippen LogP contribution is 2.22. The number of sulfonamides is 1. The molecule has 21 heavy (non-hydrogen) atoms. The highest BCUT2D eigenvalue weighted by molar-refractivity contribution is 7.92. The summed E-state index contributed by atoms with van der Waals surface area (Å²) in [5.41, 5.74) is 5.15. The second-order valence-corrected chi connectivity index (χ2v) is 5.83. The largest absolute Gasteiger partial charge is 0.478 e. The van der Waals surface area contributed by atoms with Gasteiger partial charge >= 0.3 is 5.97 Å². The average molecular weight is 310 g/mol. The molecular formula is C13H11FN2O4S.